The van der Waals surface area contributed by atoms with Gasteiger partial charge in [-0.15, -0.1) is 11.3 Å². The van der Waals surface area contributed by atoms with Crippen molar-refractivity contribution in [2.24, 2.45) is 0 Å². The van der Waals surface area contributed by atoms with Gasteiger partial charge in [-0.25, -0.2) is 0 Å². The summed E-state index contributed by atoms with van der Waals surface area (Å²) >= 11 is 7.15. The van der Waals surface area contributed by atoms with Crippen LogP contribution >= 0.6 is 22.9 Å². The first kappa shape index (κ1) is 9.23. The third kappa shape index (κ3) is 1.21. The number of phenols is 1. The van der Waals surface area contributed by atoms with E-state index in [-0.39, 0.29) is 11.4 Å². The van der Waals surface area contributed by atoms with Gasteiger partial charge in [0.15, 0.2) is 0 Å². The number of nitro groups is 1. The number of aromatic hydroxyl groups is 1. The van der Waals surface area contributed by atoms with E-state index in [4.69, 9.17) is 11.6 Å². The van der Waals surface area contributed by atoms with Crippen molar-refractivity contribution in [1.82, 2.24) is 0 Å². The molecule has 2 aromatic rings. The molecule has 0 aliphatic carbocycles. The van der Waals surface area contributed by atoms with E-state index in [0.717, 1.165) is 6.07 Å². The maximum atomic E-state index is 10.5. The Labute approximate surface area is 87.5 Å². The molecule has 0 amide bonds. The highest BCUT2D eigenvalue weighted by atomic mass is 35.5. The Morgan fingerprint density at radius 2 is 2.29 bits per heavy atom. The number of nitro benzene ring substituents is 1. The minimum atomic E-state index is -0.654. The lowest BCUT2D eigenvalue weighted by atomic mass is 10.2. The molecule has 1 heterocycles. The van der Waals surface area contributed by atoms with E-state index < -0.39 is 4.92 Å². The third-order valence-corrected chi connectivity index (χ3v) is 3.20. The molecule has 0 aliphatic heterocycles. The van der Waals surface area contributed by atoms with Gasteiger partial charge in [-0.3, -0.25) is 10.1 Å². The van der Waals surface area contributed by atoms with Gasteiger partial charge in [-0.2, -0.15) is 0 Å². The molecule has 0 radical (unpaired) electrons. The van der Waals surface area contributed by atoms with Gasteiger partial charge in [-0.1, -0.05) is 11.6 Å². The minimum Gasteiger partial charge on any atom is -0.502 e. The number of rotatable bonds is 1. The quantitative estimate of drug-likeness (QED) is 0.603. The van der Waals surface area contributed by atoms with Crippen LogP contribution in [-0.2, 0) is 0 Å². The number of hydrogen-bond acceptors (Lipinski definition) is 4. The van der Waals surface area contributed by atoms with E-state index in [0.29, 0.717) is 15.1 Å². The SMILES string of the molecule is O=[N+]([O-])c1cc(Cl)c2sccc2c1O. The van der Waals surface area contributed by atoms with Gasteiger partial charge in [-0.05, 0) is 11.4 Å². The summed E-state index contributed by atoms with van der Waals surface area (Å²) in [7, 11) is 0. The number of benzene rings is 1. The number of halogens is 1. The monoisotopic (exact) mass is 229 g/mol. The average Bonchev–Trinajstić information content (AvgIpc) is 2.59. The molecule has 1 aromatic carbocycles. The third-order valence-electron chi connectivity index (χ3n) is 1.84. The number of phenolic OH excluding ortho intramolecular Hbond substituents is 1. The van der Waals surface area contributed by atoms with Crippen LogP contribution in [0.2, 0.25) is 5.02 Å². The molecule has 0 unspecified atom stereocenters. The van der Waals surface area contributed by atoms with Crippen LogP contribution in [0, 0.1) is 10.1 Å². The first-order valence-electron chi connectivity index (χ1n) is 3.64. The van der Waals surface area contributed by atoms with Crippen molar-refractivity contribution in [1.29, 1.82) is 0 Å². The summed E-state index contributed by atoms with van der Waals surface area (Å²) in [6.07, 6.45) is 0. The molecule has 1 N–H and O–H groups in total. The van der Waals surface area contributed by atoms with Crippen LogP contribution < -0.4 is 0 Å². The van der Waals surface area contributed by atoms with E-state index in [9.17, 15) is 15.2 Å². The molecule has 0 saturated carbocycles. The smallest absolute Gasteiger partial charge is 0.312 e. The van der Waals surface area contributed by atoms with Crippen molar-refractivity contribution in [2.45, 2.75) is 0 Å². The van der Waals surface area contributed by atoms with Gasteiger partial charge in [0, 0.05) is 11.5 Å². The van der Waals surface area contributed by atoms with Crippen LogP contribution in [0.15, 0.2) is 17.5 Å². The molecule has 0 atom stereocenters. The van der Waals surface area contributed by atoms with E-state index in [1.807, 2.05) is 0 Å². The van der Waals surface area contributed by atoms with Gasteiger partial charge in [0.05, 0.1) is 14.6 Å². The van der Waals surface area contributed by atoms with Crippen LogP contribution in [0.3, 0.4) is 0 Å². The van der Waals surface area contributed by atoms with Crippen molar-refractivity contribution in [2.75, 3.05) is 0 Å². The van der Waals surface area contributed by atoms with Gasteiger partial charge in [0.25, 0.3) is 0 Å². The van der Waals surface area contributed by atoms with Crippen LogP contribution in [0.25, 0.3) is 10.1 Å². The van der Waals surface area contributed by atoms with E-state index in [2.05, 4.69) is 0 Å². The predicted octanol–water partition coefficient (Wildman–Crippen LogP) is 3.17. The second-order valence-corrected chi connectivity index (χ2v) is 3.97. The molecular weight excluding hydrogens is 226 g/mol. The fourth-order valence-electron chi connectivity index (χ4n) is 1.21. The molecule has 2 rings (SSSR count). The predicted molar refractivity (Wildman–Crippen MR) is 55.2 cm³/mol. The zero-order valence-corrected chi connectivity index (χ0v) is 8.30. The molecule has 0 fully saturated rings. The van der Waals surface area contributed by atoms with Gasteiger partial charge >= 0.3 is 5.69 Å². The lowest BCUT2D eigenvalue weighted by molar-refractivity contribution is -0.385. The Balaban J connectivity index is 2.88. The largest absolute Gasteiger partial charge is 0.502 e. The Morgan fingerprint density at radius 3 is 2.93 bits per heavy atom. The number of hydrogen-bond donors (Lipinski definition) is 1. The van der Waals surface area contributed by atoms with Crippen molar-refractivity contribution in [3.63, 3.8) is 0 Å². The van der Waals surface area contributed by atoms with Crippen molar-refractivity contribution in [3.8, 4) is 5.75 Å². The summed E-state index contributed by atoms with van der Waals surface area (Å²) in [6, 6.07) is 2.77. The highest BCUT2D eigenvalue weighted by molar-refractivity contribution is 7.18. The Kier molecular flexibility index (Phi) is 2.05. The summed E-state index contributed by atoms with van der Waals surface area (Å²) in [5, 5.41) is 22.5. The van der Waals surface area contributed by atoms with Crippen LogP contribution in [0.1, 0.15) is 0 Å². The average molecular weight is 230 g/mol. The lowest BCUT2D eigenvalue weighted by Gasteiger charge is -1.99. The highest BCUT2D eigenvalue weighted by Crippen LogP contribution is 2.41. The van der Waals surface area contributed by atoms with Crippen LogP contribution in [0.5, 0.6) is 5.75 Å². The first-order valence-corrected chi connectivity index (χ1v) is 4.90. The molecular formula is C8H4ClNO3S. The lowest BCUT2D eigenvalue weighted by Crippen LogP contribution is -1.88. The van der Waals surface area contributed by atoms with Gasteiger partial charge in [0.1, 0.15) is 0 Å². The standard InChI is InChI=1S/C8H4ClNO3S/c9-5-3-6(10(12)13)7(11)4-1-2-14-8(4)5/h1-3,11H. The van der Waals surface area contributed by atoms with E-state index in [1.54, 1.807) is 11.4 Å². The van der Waals surface area contributed by atoms with Crippen LogP contribution in [0.4, 0.5) is 5.69 Å². The van der Waals surface area contributed by atoms with Gasteiger partial charge < -0.3 is 5.11 Å². The van der Waals surface area contributed by atoms with E-state index >= 15 is 0 Å². The summed E-state index contributed by atoms with van der Waals surface area (Å²) in [5.41, 5.74) is -0.360. The molecule has 6 heteroatoms. The zero-order valence-electron chi connectivity index (χ0n) is 6.73. The minimum absolute atomic E-state index is 0.291. The normalized spacial score (nSPS) is 10.6. The molecule has 0 spiro atoms. The van der Waals surface area contributed by atoms with E-state index in [1.165, 1.54) is 11.3 Å². The van der Waals surface area contributed by atoms with Crippen molar-refractivity contribution in [3.05, 3.63) is 32.6 Å². The Morgan fingerprint density at radius 1 is 1.57 bits per heavy atom. The summed E-state index contributed by atoms with van der Waals surface area (Å²) in [4.78, 5) is 9.88. The Bertz CT molecular complexity index is 523. The molecule has 0 saturated heterocycles. The van der Waals surface area contributed by atoms with Crippen molar-refractivity contribution < 1.29 is 10.0 Å². The summed E-state index contributed by atoms with van der Waals surface area (Å²) in [5.74, 6) is -0.323. The highest BCUT2D eigenvalue weighted by Gasteiger charge is 2.19. The van der Waals surface area contributed by atoms with Gasteiger partial charge in [0.2, 0.25) is 5.75 Å². The molecule has 4 nitrogen and oxygen atoms in total. The fraction of sp³-hybridized carbons (Fsp3) is 0. The molecule has 1 aromatic heterocycles. The number of fused-ring (bicyclic) bond motifs is 1. The zero-order chi connectivity index (χ0) is 10.3. The Hall–Kier alpha value is -1.33. The maximum absolute atomic E-state index is 10.5. The number of nitrogens with zero attached hydrogens (tertiary/aromatic N) is 1. The van der Waals surface area contributed by atoms with Crippen molar-refractivity contribution >= 4 is 38.7 Å². The number of thiophene rings is 1. The second kappa shape index (κ2) is 3.11. The molecule has 14 heavy (non-hydrogen) atoms. The van der Waals surface area contributed by atoms with Crippen LogP contribution in [-0.4, -0.2) is 10.0 Å². The maximum Gasteiger partial charge on any atom is 0.312 e. The summed E-state index contributed by atoms with van der Waals surface area (Å²) < 4.78 is 0.662. The molecule has 72 valence electrons. The topological polar surface area (TPSA) is 63.4 Å². The molecule has 0 aliphatic rings. The fourth-order valence-corrected chi connectivity index (χ4v) is 2.35. The first-order chi connectivity index (χ1) is 6.61. The summed E-state index contributed by atoms with van der Waals surface area (Å²) in [6.45, 7) is 0. The molecule has 0 bridgehead atoms. The second-order valence-electron chi connectivity index (χ2n) is 2.65.